The molecule has 35 heavy (non-hydrogen) atoms. The largest absolute Gasteiger partial charge is 0.423 e. The molecule has 5 aromatic rings. The molecule has 0 amide bonds. The molecule has 0 aliphatic carbocycles. The molecule has 1 N–H and O–H groups in total. The number of aromatic nitrogens is 2. The number of nitrogens with zero attached hydrogens (tertiary/aromatic N) is 4. The maximum Gasteiger partial charge on any atom is 0.302 e. The molecule has 3 heterocycles. The van der Waals surface area contributed by atoms with Gasteiger partial charge in [0.2, 0.25) is 11.9 Å². The minimum absolute atomic E-state index is 0.0853. The van der Waals surface area contributed by atoms with Crippen molar-refractivity contribution in [3.05, 3.63) is 95.1 Å². The highest BCUT2D eigenvalue weighted by Crippen LogP contribution is 2.37. The highest BCUT2D eigenvalue weighted by Gasteiger charge is 2.37. The van der Waals surface area contributed by atoms with Crippen LogP contribution < -0.4 is 5.32 Å². The number of oxazole rings is 1. The van der Waals surface area contributed by atoms with Gasteiger partial charge in [-0.25, -0.2) is 9.98 Å². The normalized spacial score (nSPS) is 17.9. The second-order valence-electron chi connectivity index (χ2n) is 8.34. The predicted octanol–water partition coefficient (Wildman–Crippen LogP) is 6.49. The minimum Gasteiger partial charge on any atom is -0.423 e. The number of para-hydroxylation sites is 3. The number of halogens is 1. The van der Waals surface area contributed by atoms with Crippen LogP contribution in [0.1, 0.15) is 23.3 Å². The number of anilines is 1. The molecule has 1 aliphatic rings. The Morgan fingerprint density at radius 1 is 1.00 bits per heavy atom. The number of fused-ring (bicyclic) bond motifs is 2. The third-order valence-corrected chi connectivity index (χ3v) is 6.87. The van der Waals surface area contributed by atoms with Crippen molar-refractivity contribution in [2.45, 2.75) is 13.0 Å². The maximum atomic E-state index is 13.9. The number of benzene rings is 3. The molecule has 8 heteroatoms. The van der Waals surface area contributed by atoms with Gasteiger partial charge >= 0.3 is 6.01 Å². The Labute approximate surface area is 209 Å². The Balaban J connectivity index is 1.42. The number of carbonyl (C=O) groups excluding carboxylic acids is 1. The lowest BCUT2D eigenvalue weighted by Crippen LogP contribution is -2.36. The summed E-state index contributed by atoms with van der Waals surface area (Å²) in [7, 11) is 0. The number of hydrogen-bond donors (Lipinski definition) is 1. The van der Waals surface area contributed by atoms with Gasteiger partial charge in [0.15, 0.2) is 5.58 Å². The van der Waals surface area contributed by atoms with E-state index in [1.807, 2.05) is 92.0 Å². The summed E-state index contributed by atoms with van der Waals surface area (Å²) in [5.74, 6) is -0.326. The summed E-state index contributed by atoms with van der Waals surface area (Å²) < 4.78 is 8.37. The van der Waals surface area contributed by atoms with E-state index in [1.54, 1.807) is 4.57 Å². The van der Waals surface area contributed by atoms with Crippen molar-refractivity contribution < 1.29 is 9.21 Å². The van der Waals surface area contributed by atoms with Crippen LogP contribution >= 0.6 is 15.9 Å². The molecule has 7 nitrogen and oxygen atoms in total. The van der Waals surface area contributed by atoms with Crippen molar-refractivity contribution >= 4 is 61.5 Å². The Kier molecular flexibility index (Phi) is 5.30. The first-order chi connectivity index (χ1) is 17.1. The molecule has 2 aromatic heterocycles. The molecule has 2 atom stereocenters. The smallest absolute Gasteiger partial charge is 0.302 e. The number of rotatable bonds is 3. The number of hydrogen-bond acceptors (Lipinski definition) is 6. The van der Waals surface area contributed by atoms with Crippen LogP contribution in [0.15, 0.2) is 104 Å². The van der Waals surface area contributed by atoms with Gasteiger partial charge in [0.1, 0.15) is 11.4 Å². The van der Waals surface area contributed by atoms with Crippen molar-refractivity contribution in [1.82, 2.24) is 9.55 Å². The molecule has 0 radical (unpaired) electrons. The fourth-order valence-corrected chi connectivity index (χ4v) is 5.00. The molecule has 2 unspecified atom stereocenters. The molecule has 0 saturated heterocycles. The fraction of sp³-hybridized carbons (Fsp3) is 0.111. The quantitative estimate of drug-likeness (QED) is 0.292. The van der Waals surface area contributed by atoms with E-state index in [2.05, 4.69) is 31.2 Å². The van der Waals surface area contributed by atoms with Gasteiger partial charge in [0.25, 0.3) is 0 Å². The number of aliphatic imine (C=N–C) groups is 2. The average molecular weight is 526 g/mol. The van der Waals surface area contributed by atoms with E-state index in [9.17, 15) is 4.79 Å². The van der Waals surface area contributed by atoms with Crippen LogP contribution in [-0.2, 0) is 0 Å². The third-order valence-electron chi connectivity index (χ3n) is 6.15. The molecule has 172 valence electrons. The Hall–Kier alpha value is -4.04. The molecule has 0 saturated carbocycles. The van der Waals surface area contributed by atoms with Crippen LogP contribution in [0.5, 0.6) is 0 Å². The highest BCUT2D eigenvalue weighted by molar-refractivity contribution is 9.10. The van der Waals surface area contributed by atoms with Gasteiger partial charge in [-0.2, -0.15) is 4.98 Å². The first-order valence-electron chi connectivity index (χ1n) is 11.2. The van der Waals surface area contributed by atoms with Gasteiger partial charge in [-0.15, -0.1) is 0 Å². The second-order valence-corrected chi connectivity index (χ2v) is 9.20. The summed E-state index contributed by atoms with van der Waals surface area (Å²) >= 11 is 3.65. The second kappa shape index (κ2) is 8.63. The van der Waals surface area contributed by atoms with Crippen LogP contribution in [-0.4, -0.2) is 27.1 Å². The van der Waals surface area contributed by atoms with E-state index < -0.39 is 12.0 Å². The Morgan fingerprint density at radius 3 is 2.63 bits per heavy atom. The molecule has 6 rings (SSSR count). The standard InChI is InChI=1S/C27H20BrN5O2/c1-16-23(25(34)33-15-14-17-8-2-6-12-21(17)33)24(18-9-3-4-10-19(18)28)31-26(29-16)32-27-30-20-11-5-7-13-22(20)35-27/h2-15,23-24H,1H3,(H,30,31,32). The SMILES string of the molecule is CC1=NC(Nc2nc3ccccc3o2)=NC(c2ccccc2Br)C1C(=O)n1ccc2ccccc21. The van der Waals surface area contributed by atoms with Gasteiger partial charge in [0, 0.05) is 21.8 Å². The number of guanidine groups is 1. The first-order valence-corrected chi connectivity index (χ1v) is 12.0. The summed E-state index contributed by atoms with van der Waals surface area (Å²) in [6.07, 6.45) is 1.81. The molecular weight excluding hydrogens is 506 g/mol. The fourth-order valence-electron chi connectivity index (χ4n) is 4.48. The number of nitrogens with one attached hydrogen (secondary N) is 1. The number of carbonyl (C=O) groups is 1. The Bertz CT molecular complexity index is 1610. The zero-order valence-corrected chi connectivity index (χ0v) is 20.3. The zero-order valence-electron chi connectivity index (χ0n) is 18.7. The van der Waals surface area contributed by atoms with Crippen LogP contribution in [0.2, 0.25) is 0 Å². The first kappa shape index (κ1) is 21.5. The molecular formula is C27H20BrN5O2. The molecule has 1 aliphatic heterocycles. The van der Waals surface area contributed by atoms with E-state index >= 15 is 0 Å². The van der Waals surface area contributed by atoms with Crippen molar-refractivity contribution in [3.63, 3.8) is 0 Å². The van der Waals surface area contributed by atoms with Crippen LogP contribution in [0.3, 0.4) is 0 Å². The summed E-state index contributed by atoms with van der Waals surface area (Å²) in [6, 6.07) is 24.9. The molecule has 3 aromatic carbocycles. The van der Waals surface area contributed by atoms with E-state index in [4.69, 9.17) is 9.41 Å². The van der Waals surface area contributed by atoms with Crippen LogP contribution in [0.25, 0.3) is 22.0 Å². The van der Waals surface area contributed by atoms with E-state index in [1.165, 1.54) is 0 Å². The van der Waals surface area contributed by atoms with Crippen LogP contribution in [0.4, 0.5) is 6.01 Å². The summed E-state index contributed by atoms with van der Waals surface area (Å²) in [5, 5.41) is 4.10. The van der Waals surface area contributed by atoms with E-state index in [-0.39, 0.29) is 5.91 Å². The zero-order chi connectivity index (χ0) is 23.9. The van der Waals surface area contributed by atoms with Gasteiger partial charge in [-0.3, -0.25) is 14.7 Å². The molecule has 0 fully saturated rings. The van der Waals surface area contributed by atoms with E-state index in [0.29, 0.717) is 23.3 Å². The Morgan fingerprint density at radius 2 is 1.77 bits per heavy atom. The predicted molar refractivity (Wildman–Crippen MR) is 141 cm³/mol. The lowest BCUT2D eigenvalue weighted by Gasteiger charge is -2.28. The molecule has 0 spiro atoms. The van der Waals surface area contributed by atoms with Crippen LogP contribution in [0, 0.1) is 5.92 Å². The van der Waals surface area contributed by atoms with Crippen molar-refractivity contribution in [2.24, 2.45) is 15.9 Å². The van der Waals surface area contributed by atoms with E-state index in [0.717, 1.165) is 26.5 Å². The van der Waals surface area contributed by atoms with Crippen molar-refractivity contribution in [3.8, 4) is 0 Å². The summed E-state index contributed by atoms with van der Waals surface area (Å²) in [5.41, 5.74) is 3.81. The van der Waals surface area contributed by atoms with Gasteiger partial charge in [-0.05, 0) is 42.8 Å². The lowest BCUT2D eigenvalue weighted by atomic mass is 9.88. The monoisotopic (exact) mass is 525 g/mol. The average Bonchev–Trinajstić information content (AvgIpc) is 3.47. The van der Waals surface area contributed by atoms with Crippen molar-refractivity contribution in [1.29, 1.82) is 0 Å². The van der Waals surface area contributed by atoms with Crippen molar-refractivity contribution in [2.75, 3.05) is 5.32 Å². The van der Waals surface area contributed by atoms with Gasteiger partial charge < -0.3 is 4.42 Å². The third kappa shape index (κ3) is 3.85. The topological polar surface area (TPSA) is 84.8 Å². The summed E-state index contributed by atoms with van der Waals surface area (Å²) in [4.78, 5) is 27.9. The highest BCUT2D eigenvalue weighted by atomic mass is 79.9. The van der Waals surface area contributed by atoms with Gasteiger partial charge in [-0.1, -0.05) is 64.5 Å². The van der Waals surface area contributed by atoms with Gasteiger partial charge in [0.05, 0.1) is 11.6 Å². The molecule has 0 bridgehead atoms. The summed E-state index contributed by atoms with van der Waals surface area (Å²) in [6.45, 7) is 1.86. The minimum atomic E-state index is -0.585. The maximum absolute atomic E-state index is 13.9. The lowest BCUT2D eigenvalue weighted by molar-refractivity contribution is 0.0862.